The maximum absolute atomic E-state index is 13.2. The summed E-state index contributed by atoms with van der Waals surface area (Å²) in [5.74, 6) is -1.79. The molecule has 0 aromatic heterocycles. The lowest BCUT2D eigenvalue weighted by molar-refractivity contribution is -0.0194. The fourth-order valence-corrected chi connectivity index (χ4v) is 2.59. The highest BCUT2D eigenvalue weighted by atomic mass is 19.1. The Hall–Kier alpha value is -1.29. The lowest BCUT2D eigenvalue weighted by Gasteiger charge is -2.34. The SMILES string of the molecule is COC1(C(=O)c2cc(F)cc(F)c2)CCCCC1. The van der Waals surface area contributed by atoms with Crippen molar-refractivity contribution in [2.24, 2.45) is 0 Å². The van der Waals surface area contributed by atoms with E-state index in [1.54, 1.807) is 0 Å². The van der Waals surface area contributed by atoms with Crippen molar-refractivity contribution in [2.45, 2.75) is 37.7 Å². The number of ketones is 1. The molecular weight excluding hydrogens is 238 g/mol. The lowest BCUT2D eigenvalue weighted by atomic mass is 9.79. The van der Waals surface area contributed by atoms with E-state index in [9.17, 15) is 13.6 Å². The summed E-state index contributed by atoms with van der Waals surface area (Å²) in [4.78, 5) is 12.4. The molecule has 1 aliphatic rings. The summed E-state index contributed by atoms with van der Waals surface area (Å²) in [7, 11) is 1.48. The van der Waals surface area contributed by atoms with E-state index >= 15 is 0 Å². The van der Waals surface area contributed by atoms with Crippen LogP contribution < -0.4 is 0 Å². The Bertz CT molecular complexity index is 431. The first-order chi connectivity index (χ1) is 8.57. The number of methoxy groups -OCH3 is 1. The Balaban J connectivity index is 2.33. The molecule has 0 atom stereocenters. The van der Waals surface area contributed by atoms with E-state index in [1.807, 2.05) is 0 Å². The minimum Gasteiger partial charge on any atom is -0.370 e. The molecule has 2 nitrogen and oxygen atoms in total. The first-order valence-corrected chi connectivity index (χ1v) is 6.13. The summed E-state index contributed by atoms with van der Waals surface area (Å²) in [6.07, 6.45) is 4.09. The smallest absolute Gasteiger partial charge is 0.194 e. The van der Waals surface area contributed by atoms with Crippen molar-refractivity contribution in [1.82, 2.24) is 0 Å². The van der Waals surface area contributed by atoms with Gasteiger partial charge in [-0.25, -0.2) is 8.78 Å². The van der Waals surface area contributed by atoms with Crippen LogP contribution >= 0.6 is 0 Å². The molecule has 0 bridgehead atoms. The third-order valence-electron chi connectivity index (χ3n) is 3.59. The largest absolute Gasteiger partial charge is 0.370 e. The van der Waals surface area contributed by atoms with E-state index in [2.05, 4.69) is 0 Å². The van der Waals surface area contributed by atoms with Gasteiger partial charge in [0.15, 0.2) is 5.78 Å². The van der Waals surface area contributed by atoms with Crippen LogP contribution in [0.1, 0.15) is 42.5 Å². The van der Waals surface area contributed by atoms with Gasteiger partial charge in [0, 0.05) is 18.7 Å². The Morgan fingerprint density at radius 1 is 1.11 bits per heavy atom. The van der Waals surface area contributed by atoms with Gasteiger partial charge in [-0.1, -0.05) is 19.3 Å². The highest BCUT2D eigenvalue weighted by Gasteiger charge is 2.40. The molecule has 0 unspecified atom stereocenters. The van der Waals surface area contributed by atoms with Crippen molar-refractivity contribution >= 4 is 5.78 Å². The molecule has 4 heteroatoms. The normalized spacial score (nSPS) is 18.6. The summed E-state index contributed by atoms with van der Waals surface area (Å²) in [6.45, 7) is 0. The van der Waals surface area contributed by atoms with Crippen molar-refractivity contribution in [3.8, 4) is 0 Å². The fraction of sp³-hybridized carbons (Fsp3) is 0.500. The monoisotopic (exact) mass is 254 g/mol. The average Bonchev–Trinajstić information content (AvgIpc) is 2.37. The van der Waals surface area contributed by atoms with Crippen LogP contribution in [0.4, 0.5) is 8.78 Å². The molecule has 1 aromatic rings. The summed E-state index contributed by atoms with van der Waals surface area (Å²) >= 11 is 0. The third-order valence-corrected chi connectivity index (χ3v) is 3.59. The van der Waals surface area contributed by atoms with E-state index in [0.29, 0.717) is 12.8 Å². The van der Waals surface area contributed by atoms with E-state index in [4.69, 9.17) is 4.74 Å². The molecule has 0 radical (unpaired) electrons. The molecule has 0 heterocycles. The van der Waals surface area contributed by atoms with Crippen LogP contribution in [0.15, 0.2) is 18.2 Å². The molecular formula is C14H16F2O2. The zero-order valence-corrected chi connectivity index (χ0v) is 10.3. The van der Waals surface area contributed by atoms with Crippen LogP contribution in [0.5, 0.6) is 0 Å². The van der Waals surface area contributed by atoms with Gasteiger partial charge >= 0.3 is 0 Å². The van der Waals surface area contributed by atoms with E-state index in [0.717, 1.165) is 37.5 Å². The van der Waals surface area contributed by atoms with Gasteiger partial charge in [0.2, 0.25) is 0 Å². The Kier molecular flexibility index (Phi) is 3.76. The summed E-state index contributed by atoms with van der Waals surface area (Å²) in [6, 6.07) is 2.90. The number of carbonyl (C=O) groups excluding carboxylic acids is 1. The zero-order chi connectivity index (χ0) is 13.2. The first kappa shape index (κ1) is 13.1. The highest BCUT2D eigenvalue weighted by Crippen LogP contribution is 2.34. The van der Waals surface area contributed by atoms with E-state index in [1.165, 1.54) is 7.11 Å². The van der Waals surface area contributed by atoms with Crippen LogP contribution in [0.3, 0.4) is 0 Å². The number of hydrogen-bond donors (Lipinski definition) is 0. The van der Waals surface area contributed by atoms with E-state index in [-0.39, 0.29) is 11.3 Å². The van der Waals surface area contributed by atoms with Crippen LogP contribution in [0, 0.1) is 11.6 Å². The molecule has 0 saturated heterocycles. The number of hydrogen-bond acceptors (Lipinski definition) is 2. The molecule has 0 aliphatic heterocycles. The van der Waals surface area contributed by atoms with E-state index < -0.39 is 17.2 Å². The molecule has 0 N–H and O–H groups in total. The molecule has 1 saturated carbocycles. The van der Waals surface area contributed by atoms with Gasteiger partial charge < -0.3 is 4.74 Å². The second-order valence-electron chi connectivity index (χ2n) is 4.75. The predicted molar refractivity (Wildman–Crippen MR) is 63.5 cm³/mol. The van der Waals surface area contributed by atoms with Crippen molar-refractivity contribution < 1.29 is 18.3 Å². The maximum Gasteiger partial charge on any atom is 0.194 e. The second-order valence-corrected chi connectivity index (χ2v) is 4.75. The van der Waals surface area contributed by atoms with Crippen LogP contribution in [-0.4, -0.2) is 18.5 Å². The van der Waals surface area contributed by atoms with Gasteiger partial charge in [0.05, 0.1) is 0 Å². The number of halogens is 2. The molecule has 1 fully saturated rings. The first-order valence-electron chi connectivity index (χ1n) is 6.13. The topological polar surface area (TPSA) is 26.3 Å². The Morgan fingerprint density at radius 2 is 1.67 bits per heavy atom. The van der Waals surface area contributed by atoms with Crippen LogP contribution in [0.2, 0.25) is 0 Å². The summed E-state index contributed by atoms with van der Waals surface area (Å²) < 4.78 is 31.7. The van der Waals surface area contributed by atoms with Gasteiger partial charge in [-0.3, -0.25) is 4.79 Å². The maximum atomic E-state index is 13.2. The summed E-state index contributed by atoms with van der Waals surface area (Å²) in [5.41, 5.74) is -0.852. The van der Waals surface area contributed by atoms with Gasteiger partial charge in [-0.05, 0) is 25.0 Å². The number of rotatable bonds is 3. The Morgan fingerprint density at radius 3 is 2.17 bits per heavy atom. The minimum absolute atomic E-state index is 0.0521. The number of carbonyl (C=O) groups is 1. The molecule has 1 aliphatic carbocycles. The van der Waals surface area contributed by atoms with Crippen LogP contribution in [-0.2, 0) is 4.74 Å². The standard InChI is InChI=1S/C14H16F2O2/c1-18-14(5-3-2-4-6-14)13(17)10-7-11(15)9-12(16)8-10/h7-9H,2-6H2,1H3. The molecule has 18 heavy (non-hydrogen) atoms. The van der Waals surface area contributed by atoms with Gasteiger partial charge in [-0.2, -0.15) is 0 Å². The van der Waals surface area contributed by atoms with Crippen molar-refractivity contribution in [1.29, 1.82) is 0 Å². The second kappa shape index (κ2) is 5.14. The fourth-order valence-electron chi connectivity index (χ4n) is 2.59. The quantitative estimate of drug-likeness (QED) is 0.772. The average molecular weight is 254 g/mol. The Labute approximate surface area is 105 Å². The predicted octanol–water partition coefficient (Wildman–Crippen LogP) is 3.50. The zero-order valence-electron chi connectivity index (χ0n) is 10.3. The van der Waals surface area contributed by atoms with Gasteiger partial charge in [-0.15, -0.1) is 0 Å². The highest BCUT2D eigenvalue weighted by molar-refractivity contribution is 6.02. The molecule has 0 spiro atoms. The van der Waals surface area contributed by atoms with Crippen LogP contribution in [0.25, 0.3) is 0 Å². The molecule has 0 amide bonds. The number of Topliss-reactive ketones (excluding diaryl/α,β-unsaturated/α-hetero) is 1. The van der Waals surface area contributed by atoms with Gasteiger partial charge in [0.25, 0.3) is 0 Å². The van der Waals surface area contributed by atoms with Crippen molar-refractivity contribution in [2.75, 3.05) is 7.11 Å². The molecule has 1 aromatic carbocycles. The lowest BCUT2D eigenvalue weighted by Crippen LogP contribution is -2.42. The van der Waals surface area contributed by atoms with Crippen molar-refractivity contribution in [3.63, 3.8) is 0 Å². The number of benzene rings is 1. The summed E-state index contributed by atoms with van der Waals surface area (Å²) in [5, 5.41) is 0. The molecule has 2 rings (SSSR count). The minimum atomic E-state index is -0.904. The number of ether oxygens (including phenoxy) is 1. The van der Waals surface area contributed by atoms with Gasteiger partial charge in [0.1, 0.15) is 17.2 Å². The third kappa shape index (κ3) is 2.43. The molecule has 98 valence electrons. The van der Waals surface area contributed by atoms with Crippen molar-refractivity contribution in [3.05, 3.63) is 35.4 Å².